The number of methoxy groups -OCH3 is 1. The third-order valence-corrected chi connectivity index (χ3v) is 4.94. The van der Waals surface area contributed by atoms with Gasteiger partial charge >= 0.3 is 5.97 Å². The summed E-state index contributed by atoms with van der Waals surface area (Å²) in [5, 5.41) is 0.643. The fourth-order valence-electron chi connectivity index (χ4n) is 3.36. The van der Waals surface area contributed by atoms with Crippen LogP contribution in [0.25, 0.3) is 11.1 Å². The predicted octanol–water partition coefficient (Wildman–Crippen LogP) is 3.67. The molecule has 6 heteroatoms. The van der Waals surface area contributed by atoms with Gasteiger partial charge in [-0.15, -0.1) is 5.06 Å². The number of nitrogens with zero attached hydrogens (tertiary/aromatic N) is 1. The van der Waals surface area contributed by atoms with Crippen LogP contribution in [0.1, 0.15) is 26.3 Å². The smallest absolute Gasteiger partial charge is 0.338 e. The zero-order chi connectivity index (χ0) is 21.1. The number of fused-ring (bicyclic) bond motifs is 1. The van der Waals surface area contributed by atoms with Crippen molar-refractivity contribution < 1.29 is 24.0 Å². The Bertz CT molecular complexity index is 1060. The summed E-state index contributed by atoms with van der Waals surface area (Å²) in [6.07, 6.45) is -0.991. The van der Waals surface area contributed by atoms with E-state index < -0.39 is 23.9 Å². The van der Waals surface area contributed by atoms with Crippen molar-refractivity contribution in [3.8, 4) is 11.1 Å². The van der Waals surface area contributed by atoms with Gasteiger partial charge in [0.25, 0.3) is 11.8 Å². The number of carbonyl (C=O) groups excluding carboxylic acids is 3. The number of esters is 1. The lowest BCUT2D eigenvalue weighted by Crippen LogP contribution is -2.39. The summed E-state index contributed by atoms with van der Waals surface area (Å²) in [6, 6.07) is 24.0. The molecule has 4 rings (SSSR count). The van der Waals surface area contributed by atoms with Gasteiger partial charge in [-0.05, 0) is 28.8 Å². The second kappa shape index (κ2) is 8.31. The van der Waals surface area contributed by atoms with Crippen LogP contribution in [0.2, 0.25) is 0 Å². The Morgan fingerprint density at radius 2 is 1.33 bits per heavy atom. The van der Waals surface area contributed by atoms with Gasteiger partial charge in [0.2, 0.25) is 0 Å². The quantitative estimate of drug-likeness (QED) is 0.466. The van der Waals surface area contributed by atoms with Crippen LogP contribution in [0.4, 0.5) is 0 Å². The van der Waals surface area contributed by atoms with Crippen LogP contribution in [-0.2, 0) is 20.8 Å². The molecule has 0 radical (unpaired) electrons. The summed E-state index contributed by atoms with van der Waals surface area (Å²) in [5.74, 6) is -1.86. The molecule has 1 heterocycles. The Balaban J connectivity index is 1.52. The molecule has 0 spiro atoms. The predicted molar refractivity (Wildman–Crippen MR) is 109 cm³/mol. The molecule has 0 aliphatic carbocycles. The average molecular weight is 401 g/mol. The number of carbonyl (C=O) groups is 3. The fourth-order valence-corrected chi connectivity index (χ4v) is 3.36. The van der Waals surface area contributed by atoms with Gasteiger partial charge in [0, 0.05) is 6.42 Å². The van der Waals surface area contributed by atoms with Crippen molar-refractivity contribution in [1.29, 1.82) is 0 Å². The molecule has 0 bridgehead atoms. The molecule has 3 aromatic rings. The highest BCUT2D eigenvalue weighted by Gasteiger charge is 2.39. The number of ether oxygens (including phenoxy) is 1. The van der Waals surface area contributed by atoms with Gasteiger partial charge in [-0.25, -0.2) is 9.63 Å². The standard InChI is InChI=1S/C24H19NO5/c1-29-24(28)21(30-25-22(26)19-9-5-6-10-20(19)23(25)27)15-16-11-13-18(14-12-16)17-7-3-2-4-8-17/h2-14,21H,15H2,1H3. The van der Waals surface area contributed by atoms with Crippen LogP contribution in [0, 0.1) is 0 Å². The van der Waals surface area contributed by atoms with Gasteiger partial charge < -0.3 is 4.74 Å². The molecule has 1 unspecified atom stereocenters. The third kappa shape index (κ3) is 3.73. The number of amides is 2. The van der Waals surface area contributed by atoms with E-state index in [9.17, 15) is 14.4 Å². The van der Waals surface area contributed by atoms with Crippen molar-refractivity contribution in [3.63, 3.8) is 0 Å². The maximum Gasteiger partial charge on any atom is 0.338 e. The minimum atomic E-state index is -1.14. The molecule has 1 aliphatic rings. The maximum atomic E-state index is 12.5. The van der Waals surface area contributed by atoms with E-state index in [1.54, 1.807) is 24.3 Å². The molecule has 3 aromatic carbocycles. The van der Waals surface area contributed by atoms with E-state index in [4.69, 9.17) is 9.57 Å². The second-order valence-electron chi connectivity index (χ2n) is 6.83. The van der Waals surface area contributed by atoms with E-state index in [0.717, 1.165) is 16.7 Å². The van der Waals surface area contributed by atoms with E-state index in [-0.39, 0.29) is 17.5 Å². The van der Waals surface area contributed by atoms with E-state index in [0.29, 0.717) is 5.06 Å². The molecule has 30 heavy (non-hydrogen) atoms. The highest BCUT2D eigenvalue weighted by Crippen LogP contribution is 2.25. The molecule has 0 saturated carbocycles. The Kier molecular flexibility index (Phi) is 5.41. The first-order chi connectivity index (χ1) is 14.6. The summed E-state index contributed by atoms with van der Waals surface area (Å²) >= 11 is 0. The minimum absolute atomic E-state index is 0.148. The third-order valence-electron chi connectivity index (χ3n) is 4.94. The van der Waals surface area contributed by atoms with E-state index in [1.807, 2.05) is 54.6 Å². The first-order valence-electron chi connectivity index (χ1n) is 9.45. The van der Waals surface area contributed by atoms with Gasteiger partial charge in [-0.1, -0.05) is 66.7 Å². The van der Waals surface area contributed by atoms with Gasteiger partial charge in [0.15, 0.2) is 6.10 Å². The minimum Gasteiger partial charge on any atom is -0.467 e. The molecular formula is C24H19NO5. The summed E-state index contributed by atoms with van der Waals surface area (Å²) in [7, 11) is 1.24. The summed E-state index contributed by atoms with van der Waals surface area (Å²) in [6.45, 7) is 0. The molecule has 0 N–H and O–H groups in total. The van der Waals surface area contributed by atoms with Crippen LogP contribution in [0.15, 0.2) is 78.9 Å². The molecule has 150 valence electrons. The topological polar surface area (TPSA) is 72.9 Å². The van der Waals surface area contributed by atoms with Crippen LogP contribution in [0.3, 0.4) is 0 Å². The summed E-state index contributed by atoms with van der Waals surface area (Å²) < 4.78 is 4.82. The largest absolute Gasteiger partial charge is 0.467 e. The highest BCUT2D eigenvalue weighted by molar-refractivity contribution is 6.20. The molecule has 2 amide bonds. The lowest BCUT2D eigenvalue weighted by Gasteiger charge is -2.20. The Morgan fingerprint density at radius 3 is 1.90 bits per heavy atom. The maximum absolute atomic E-state index is 12.5. The first kappa shape index (κ1) is 19.5. The van der Waals surface area contributed by atoms with Crippen LogP contribution in [0.5, 0.6) is 0 Å². The van der Waals surface area contributed by atoms with Crippen molar-refractivity contribution in [2.45, 2.75) is 12.5 Å². The Labute approximate surface area is 173 Å². The summed E-state index contributed by atoms with van der Waals surface area (Å²) in [4.78, 5) is 42.9. The fraction of sp³-hybridized carbons (Fsp3) is 0.125. The van der Waals surface area contributed by atoms with Crippen LogP contribution >= 0.6 is 0 Å². The lowest BCUT2D eigenvalue weighted by molar-refractivity contribution is -0.177. The van der Waals surface area contributed by atoms with Crippen molar-refractivity contribution in [2.75, 3.05) is 7.11 Å². The zero-order valence-electron chi connectivity index (χ0n) is 16.3. The van der Waals surface area contributed by atoms with E-state index in [1.165, 1.54) is 7.11 Å². The Morgan fingerprint density at radius 1 is 0.800 bits per heavy atom. The van der Waals surface area contributed by atoms with Crippen LogP contribution < -0.4 is 0 Å². The zero-order valence-corrected chi connectivity index (χ0v) is 16.3. The highest BCUT2D eigenvalue weighted by atomic mass is 16.7. The lowest BCUT2D eigenvalue weighted by atomic mass is 10.0. The number of hydroxylamine groups is 2. The SMILES string of the molecule is COC(=O)C(Cc1ccc(-c2ccccc2)cc1)ON1C(=O)c2ccccc2C1=O. The monoisotopic (exact) mass is 401 g/mol. The van der Waals surface area contributed by atoms with Gasteiger partial charge in [0.05, 0.1) is 18.2 Å². The molecule has 0 fully saturated rings. The second-order valence-corrected chi connectivity index (χ2v) is 6.83. The van der Waals surface area contributed by atoms with Gasteiger partial charge in [0.1, 0.15) is 0 Å². The average Bonchev–Trinajstić information content (AvgIpc) is 3.04. The Hall–Kier alpha value is -3.77. The molecular weight excluding hydrogens is 382 g/mol. The molecule has 1 aliphatic heterocycles. The number of hydrogen-bond acceptors (Lipinski definition) is 5. The first-order valence-corrected chi connectivity index (χ1v) is 9.45. The number of imide groups is 1. The van der Waals surface area contributed by atoms with Crippen molar-refractivity contribution in [3.05, 3.63) is 95.6 Å². The molecule has 0 saturated heterocycles. The van der Waals surface area contributed by atoms with Crippen LogP contribution in [-0.4, -0.2) is 36.1 Å². The number of rotatable bonds is 6. The van der Waals surface area contributed by atoms with Gasteiger partial charge in [-0.2, -0.15) is 0 Å². The van der Waals surface area contributed by atoms with Crippen molar-refractivity contribution in [1.82, 2.24) is 5.06 Å². The number of hydrogen-bond donors (Lipinski definition) is 0. The molecule has 6 nitrogen and oxygen atoms in total. The molecule has 1 atom stereocenters. The van der Waals surface area contributed by atoms with Crippen molar-refractivity contribution in [2.24, 2.45) is 0 Å². The summed E-state index contributed by atoms with van der Waals surface area (Å²) in [5.41, 5.74) is 3.42. The normalized spacial score (nSPS) is 13.8. The van der Waals surface area contributed by atoms with E-state index in [2.05, 4.69) is 0 Å². The molecule has 0 aromatic heterocycles. The van der Waals surface area contributed by atoms with Gasteiger partial charge in [-0.3, -0.25) is 9.59 Å². The van der Waals surface area contributed by atoms with Crippen molar-refractivity contribution >= 4 is 17.8 Å². The number of benzene rings is 3. The van der Waals surface area contributed by atoms with E-state index >= 15 is 0 Å².